The molecule has 1 amide bonds. The van der Waals surface area contributed by atoms with Gasteiger partial charge >= 0.3 is 0 Å². The fourth-order valence-electron chi connectivity index (χ4n) is 3.33. The van der Waals surface area contributed by atoms with E-state index in [0.717, 1.165) is 27.8 Å². The number of ether oxygens (including phenoxy) is 3. The van der Waals surface area contributed by atoms with Gasteiger partial charge in [0, 0.05) is 23.5 Å². The molecule has 158 valence electrons. The lowest BCUT2D eigenvalue weighted by Gasteiger charge is -2.10. The van der Waals surface area contributed by atoms with Crippen molar-refractivity contribution in [1.82, 2.24) is 10.3 Å². The van der Waals surface area contributed by atoms with Gasteiger partial charge in [-0.05, 0) is 41.5 Å². The van der Waals surface area contributed by atoms with E-state index in [1.54, 1.807) is 14.2 Å². The number of benzene rings is 3. The quantitative estimate of drug-likeness (QED) is 0.437. The van der Waals surface area contributed by atoms with Crippen LogP contribution in [0.4, 0.5) is 0 Å². The summed E-state index contributed by atoms with van der Waals surface area (Å²) in [5.41, 5.74) is 3.36. The number of rotatable bonds is 8. The maximum Gasteiger partial charge on any atom is 0.267 e. The Balaban J connectivity index is 1.41. The summed E-state index contributed by atoms with van der Waals surface area (Å²) in [4.78, 5) is 15.8. The molecule has 4 aromatic rings. The normalized spacial score (nSPS) is 10.6. The third-order valence-electron chi connectivity index (χ3n) is 4.99. The molecule has 0 saturated carbocycles. The van der Waals surface area contributed by atoms with Crippen LogP contribution in [-0.4, -0.2) is 25.1 Å². The van der Waals surface area contributed by atoms with Gasteiger partial charge in [0.2, 0.25) is 0 Å². The summed E-state index contributed by atoms with van der Waals surface area (Å²) in [6, 6.07) is 23.1. The zero-order valence-corrected chi connectivity index (χ0v) is 17.5. The molecule has 0 aliphatic rings. The molecule has 0 radical (unpaired) electrons. The molecule has 0 spiro atoms. The molecule has 0 saturated heterocycles. The highest BCUT2D eigenvalue weighted by Gasteiger charge is 2.11. The van der Waals surface area contributed by atoms with Gasteiger partial charge in [0.25, 0.3) is 5.91 Å². The monoisotopic (exact) mass is 416 g/mol. The summed E-state index contributed by atoms with van der Waals surface area (Å²) in [5, 5.41) is 3.88. The zero-order valence-electron chi connectivity index (χ0n) is 17.5. The van der Waals surface area contributed by atoms with Crippen LogP contribution in [-0.2, 0) is 13.2 Å². The molecule has 4 rings (SSSR count). The molecule has 3 aromatic carbocycles. The molecule has 2 N–H and O–H groups in total. The Morgan fingerprint density at radius 3 is 2.45 bits per heavy atom. The molecule has 0 unspecified atom stereocenters. The molecular weight excluding hydrogens is 392 g/mol. The number of carbonyl (C=O) groups excluding carboxylic acids is 1. The first-order valence-electron chi connectivity index (χ1n) is 9.95. The maximum absolute atomic E-state index is 12.6. The van der Waals surface area contributed by atoms with Crippen molar-refractivity contribution in [2.24, 2.45) is 0 Å². The van der Waals surface area contributed by atoms with Crippen LogP contribution in [0.3, 0.4) is 0 Å². The van der Waals surface area contributed by atoms with Gasteiger partial charge in [0.05, 0.1) is 14.2 Å². The van der Waals surface area contributed by atoms with Crippen molar-refractivity contribution in [3.8, 4) is 17.2 Å². The molecule has 31 heavy (non-hydrogen) atoms. The van der Waals surface area contributed by atoms with E-state index >= 15 is 0 Å². The Morgan fingerprint density at radius 1 is 0.871 bits per heavy atom. The third-order valence-corrected chi connectivity index (χ3v) is 4.99. The molecule has 0 aliphatic carbocycles. The van der Waals surface area contributed by atoms with E-state index in [1.807, 2.05) is 72.8 Å². The zero-order chi connectivity index (χ0) is 21.6. The van der Waals surface area contributed by atoms with Crippen molar-refractivity contribution in [2.45, 2.75) is 13.2 Å². The topological polar surface area (TPSA) is 72.6 Å². The van der Waals surface area contributed by atoms with Crippen molar-refractivity contribution >= 4 is 16.8 Å². The van der Waals surface area contributed by atoms with Gasteiger partial charge in [-0.2, -0.15) is 0 Å². The first-order chi connectivity index (χ1) is 15.2. The number of fused-ring (bicyclic) bond motifs is 1. The van der Waals surface area contributed by atoms with E-state index in [9.17, 15) is 4.79 Å². The maximum atomic E-state index is 12.6. The van der Waals surface area contributed by atoms with Crippen LogP contribution < -0.4 is 19.5 Å². The smallest absolute Gasteiger partial charge is 0.267 e. The SMILES string of the molecule is COc1ccc(CNC(=O)c2cc3ccc(OCc4ccccc4)cc3[nH]2)cc1OC. The number of hydrogen-bond donors (Lipinski definition) is 2. The van der Waals surface area contributed by atoms with Crippen LogP contribution in [0.1, 0.15) is 21.6 Å². The minimum Gasteiger partial charge on any atom is -0.493 e. The van der Waals surface area contributed by atoms with Crippen molar-refractivity contribution in [1.29, 1.82) is 0 Å². The Hall–Kier alpha value is -3.93. The Morgan fingerprint density at radius 2 is 1.68 bits per heavy atom. The van der Waals surface area contributed by atoms with Gasteiger partial charge in [-0.3, -0.25) is 4.79 Å². The van der Waals surface area contributed by atoms with E-state index in [2.05, 4.69) is 10.3 Å². The van der Waals surface area contributed by atoms with Gasteiger partial charge in [-0.15, -0.1) is 0 Å². The van der Waals surface area contributed by atoms with Crippen LogP contribution in [0.2, 0.25) is 0 Å². The lowest BCUT2D eigenvalue weighted by Crippen LogP contribution is -2.23. The molecule has 6 heteroatoms. The minimum atomic E-state index is -0.183. The molecule has 0 bridgehead atoms. The molecule has 0 aliphatic heterocycles. The van der Waals surface area contributed by atoms with Crippen LogP contribution in [0.15, 0.2) is 72.8 Å². The van der Waals surface area contributed by atoms with Gasteiger partial charge < -0.3 is 24.5 Å². The second-order valence-corrected chi connectivity index (χ2v) is 7.08. The number of H-pyrrole nitrogens is 1. The summed E-state index contributed by atoms with van der Waals surface area (Å²) < 4.78 is 16.4. The van der Waals surface area contributed by atoms with E-state index in [-0.39, 0.29) is 5.91 Å². The highest BCUT2D eigenvalue weighted by atomic mass is 16.5. The molecule has 1 aromatic heterocycles. The summed E-state index contributed by atoms with van der Waals surface area (Å²) in [6.07, 6.45) is 0. The number of hydrogen-bond acceptors (Lipinski definition) is 4. The summed E-state index contributed by atoms with van der Waals surface area (Å²) in [6.45, 7) is 0.867. The summed E-state index contributed by atoms with van der Waals surface area (Å²) in [5.74, 6) is 1.84. The number of amides is 1. The molecule has 0 fully saturated rings. The van der Waals surface area contributed by atoms with E-state index in [1.165, 1.54) is 0 Å². The third kappa shape index (κ3) is 4.80. The molecular formula is C25H24N2O4. The van der Waals surface area contributed by atoms with E-state index < -0.39 is 0 Å². The Kier molecular flexibility index (Phi) is 6.08. The van der Waals surface area contributed by atoms with Crippen molar-refractivity contribution in [3.05, 3.63) is 89.6 Å². The van der Waals surface area contributed by atoms with Gasteiger partial charge in [-0.1, -0.05) is 36.4 Å². The van der Waals surface area contributed by atoms with Crippen LogP contribution >= 0.6 is 0 Å². The van der Waals surface area contributed by atoms with Crippen molar-refractivity contribution in [3.63, 3.8) is 0 Å². The van der Waals surface area contributed by atoms with Gasteiger partial charge in [0.15, 0.2) is 11.5 Å². The van der Waals surface area contributed by atoms with Crippen molar-refractivity contribution in [2.75, 3.05) is 14.2 Å². The fraction of sp³-hybridized carbons (Fsp3) is 0.160. The lowest BCUT2D eigenvalue weighted by molar-refractivity contribution is 0.0946. The Bertz CT molecular complexity index is 1180. The molecule has 0 atom stereocenters. The predicted molar refractivity (Wildman–Crippen MR) is 120 cm³/mol. The average Bonchev–Trinajstić information content (AvgIpc) is 3.25. The second kappa shape index (κ2) is 9.26. The van der Waals surface area contributed by atoms with E-state index in [0.29, 0.717) is 30.3 Å². The average molecular weight is 416 g/mol. The number of aromatic amines is 1. The summed E-state index contributed by atoms with van der Waals surface area (Å²) >= 11 is 0. The number of nitrogens with one attached hydrogen (secondary N) is 2. The number of aromatic nitrogens is 1. The van der Waals surface area contributed by atoms with Gasteiger partial charge in [-0.25, -0.2) is 0 Å². The van der Waals surface area contributed by atoms with Crippen molar-refractivity contribution < 1.29 is 19.0 Å². The first kappa shape index (κ1) is 20.3. The second-order valence-electron chi connectivity index (χ2n) is 7.08. The van der Waals surface area contributed by atoms with Gasteiger partial charge in [0.1, 0.15) is 18.1 Å². The number of carbonyl (C=O) groups is 1. The largest absolute Gasteiger partial charge is 0.493 e. The molecule has 6 nitrogen and oxygen atoms in total. The Labute approximate surface area is 180 Å². The number of methoxy groups -OCH3 is 2. The highest BCUT2D eigenvalue weighted by Crippen LogP contribution is 2.27. The first-order valence-corrected chi connectivity index (χ1v) is 9.95. The fourth-order valence-corrected chi connectivity index (χ4v) is 3.33. The highest BCUT2D eigenvalue weighted by molar-refractivity contribution is 5.98. The van der Waals surface area contributed by atoms with Crippen LogP contribution in [0.25, 0.3) is 10.9 Å². The minimum absolute atomic E-state index is 0.183. The molecule has 1 heterocycles. The summed E-state index contributed by atoms with van der Waals surface area (Å²) in [7, 11) is 3.18. The van der Waals surface area contributed by atoms with Crippen LogP contribution in [0.5, 0.6) is 17.2 Å². The predicted octanol–water partition coefficient (Wildman–Crippen LogP) is 4.69. The standard InChI is InChI=1S/C25H24N2O4/c1-29-23-11-8-18(12-24(23)30-2)15-26-25(28)22-13-19-9-10-20(14-21(19)27-22)31-16-17-6-4-3-5-7-17/h3-14,27H,15-16H2,1-2H3,(H,26,28). The van der Waals surface area contributed by atoms with Crippen LogP contribution in [0, 0.1) is 0 Å². The lowest BCUT2D eigenvalue weighted by atomic mass is 10.2. The van der Waals surface area contributed by atoms with E-state index in [4.69, 9.17) is 14.2 Å².